The first kappa shape index (κ1) is 11.5. The number of rotatable bonds is 4. The van der Waals surface area contributed by atoms with Crippen LogP contribution in [0.25, 0.3) is 6.08 Å². The summed E-state index contributed by atoms with van der Waals surface area (Å²) in [7, 11) is 0. The van der Waals surface area contributed by atoms with Crippen LogP contribution >= 0.6 is 0 Å². The number of hydrogen-bond donors (Lipinski definition) is 1. The molecular weight excluding hydrogens is 188 g/mol. The van der Waals surface area contributed by atoms with Crippen molar-refractivity contribution in [3.8, 4) is 0 Å². The standard InChI is InChI=1S/C13H16O2/c1-3-11-6-4-5-7-12(11)8-10(2)9-13(14)15/h4-8H,3,9H2,1-2H3,(H,14,15)/b10-8+. The number of carbonyl (C=O) groups is 1. The van der Waals surface area contributed by atoms with Gasteiger partial charge in [0.15, 0.2) is 0 Å². The maximum atomic E-state index is 10.5. The van der Waals surface area contributed by atoms with Crippen molar-refractivity contribution in [2.45, 2.75) is 26.7 Å². The maximum Gasteiger partial charge on any atom is 0.307 e. The number of carboxylic acid groups (broad SMARTS) is 1. The van der Waals surface area contributed by atoms with Crippen molar-refractivity contribution in [1.29, 1.82) is 0 Å². The highest BCUT2D eigenvalue weighted by Gasteiger charge is 2.00. The predicted molar refractivity (Wildman–Crippen MR) is 61.7 cm³/mol. The average molecular weight is 204 g/mol. The summed E-state index contributed by atoms with van der Waals surface area (Å²) in [6.45, 7) is 3.94. The third kappa shape index (κ3) is 3.58. The molecule has 15 heavy (non-hydrogen) atoms. The van der Waals surface area contributed by atoms with E-state index >= 15 is 0 Å². The third-order valence-electron chi connectivity index (χ3n) is 2.27. The molecule has 0 aliphatic carbocycles. The third-order valence-corrected chi connectivity index (χ3v) is 2.27. The number of aliphatic carboxylic acids is 1. The molecule has 0 aromatic heterocycles. The lowest BCUT2D eigenvalue weighted by Gasteiger charge is -2.03. The van der Waals surface area contributed by atoms with Crippen molar-refractivity contribution >= 4 is 12.0 Å². The van der Waals surface area contributed by atoms with Crippen LogP contribution in [0.5, 0.6) is 0 Å². The Morgan fingerprint density at radius 2 is 2.07 bits per heavy atom. The summed E-state index contributed by atoms with van der Waals surface area (Å²) >= 11 is 0. The topological polar surface area (TPSA) is 37.3 Å². The van der Waals surface area contributed by atoms with Gasteiger partial charge in [0.2, 0.25) is 0 Å². The van der Waals surface area contributed by atoms with Crippen molar-refractivity contribution < 1.29 is 9.90 Å². The Kier molecular flexibility index (Phi) is 4.10. The Hall–Kier alpha value is -1.57. The Morgan fingerprint density at radius 1 is 1.40 bits per heavy atom. The molecular formula is C13H16O2. The quantitative estimate of drug-likeness (QED) is 0.818. The zero-order chi connectivity index (χ0) is 11.3. The minimum absolute atomic E-state index is 0.109. The van der Waals surface area contributed by atoms with Crippen LogP contribution in [-0.2, 0) is 11.2 Å². The Labute approximate surface area is 90.3 Å². The number of benzene rings is 1. The predicted octanol–water partition coefficient (Wildman–Crippen LogP) is 3.13. The van der Waals surface area contributed by atoms with E-state index in [2.05, 4.69) is 13.0 Å². The Balaban J connectivity index is 2.91. The average Bonchev–Trinajstić information content (AvgIpc) is 2.17. The lowest BCUT2D eigenvalue weighted by molar-refractivity contribution is -0.136. The van der Waals surface area contributed by atoms with Crippen LogP contribution < -0.4 is 0 Å². The fourth-order valence-corrected chi connectivity index (χ4v) is 1.55. The SMILES string of the molecule is CCc1ccccc1/C=C(\C)CC(=O)O. The van der Waals surface area contributed by atoms with Crippen molar-refractivity contribution in [3.05, 3.63) is 41.0 Å². The molecule has 0 aliphatic heterocycles. The molecule has 0 saturated heterocycles. The van der Waals surface area contributed by atoms with E-state index in [9.17, 15) is 4.79 Å². The van der Waals surface area contributed by atoms with Gasteiger partial charge in [-0.1, -0.05) is 42.8 Å². The number of aryl methyl sites for hydroxylation is 1. The molecule has 0 aliphatic rings. The molecule has 0 radical (unpaired) electrons. The van der Waals surface area contributed by atoms with Crippen molar-refractivity contribution in [1.82, 2.24) is 0 Å². The van der Waals surface area contributed by atoms with Gasteiger partial charge in [-0.3, -0.25) is 4.79 Å². The van der Waals surface area contributed by atoms with Gasteiger partial charge in [0.05, 0.1) is 6.42 Å². The summed E-state index contributed by atoms with van der Waals surface area (Å²) in [4.78, 5) is 10.5. The van der Waals surface area contributed by atoms with E-state index in [1.165, 1.54) is 5.56 Å². The van der Waals surface area contributed by atoms with Crippen LogP contribution in [-0.4, -0.2) is 11.1 Å². The van der Waals surface area contributed by atoms with Gasteiger partial charge in [0.25, 0.3) is 0 Å². The monoisotopic (exact) mass is 204 g/mol. The zero-order valence-electron chi connectivity index (χ0n) is 9.16. The van der Waals surface area contributed by atoms with E-state index < -0.39 is 5.97 Å². The van der Waals surface area contributed by atoms with Crippen LogP contribution in [0, 0.1) is 0 Å². The van der Waals surface area contributed by atoms with Crippen molar-refractivity contribution in [2.75, 3.05) is 0 Å². The second-order valence-corrected chi connectivity index (χ2v) is 3.61. The van der Waals surface area contributed by atoms with E-state index in [4.69, 9.17) is 5.11 Å². The molecule has 0 spiro atoms. The molecule has 1 aromatic carbocycles. The van der Waals surface area contributed by atoms with Gasteiger partial charge in [-0.2, -0.15) is 0 Å². The Bertz CT molecular complexity index is 378. The molecule has 0 amide bonds. The normalized spacial score (nSPS) is 11.5. The second-order valence-electron chi connectivity index (χ2n) is 3.61. The fourth-order valence-electron chi connectivity index (χ4n) is 1.55. The van der Waals surface area contributed by atoms with Crippen LogP contribution in [0.2, 0.25) is 0 Å². The van der Waals surface area contributed by atoms with E-state index in [1.54, 1.807) is 0 Å². The number of carboxylic acids is 1. The lowest BCUT2D eigenvalue weighted by atomic mass is 10.0. The molecule has 0 bridgehead atoms. The van der Waals surface area contributed by atoms with E-state index in [1.807, 2.05) is 31.2 Å². The van der Waals surface area contributed by atoms with Crippen LogP contribution in [0.15, 0.2) is 29.8 Å². The largest absolute Gasteiger partial charge is 0.481 e. The summed E-state index contributed by atoms with van der Waals surface area (Å²) in [5.41, 5.74) is 3.25. The van der Waals surface area contributed by atoms with Crippen LogP contribution in [0.1, 0.15) is 31.4 Å². The molecule has 1 rings (SSSR count). The summed E-state index contributed by atoms with van der Waals surface area (Å²) in [5.74, 6) is -0.780. The van der Waals surface area contributed by atoms with Gasteiger partial charge in [-0.25, -0.2) is 0 Å². The van der Waals surface area contributed by atoms with Crippen molar-refractivity contribution in [3.63, 3.8) is 0 Å². The molecule has 1 aromatic rings. The van der Waals surface area contributed by atoms with Crippen molar-refractivity contribution in [2.24, 2.45) is 0 Å². The molecule has 2 nitrogen and oxygen atoms in total. The van der Waals surface area contributed by atoms with E-state index in [0.29, 0.717) is 0 Å². The minimum Gasteiger partial charge on any atom is -0.481 e. The second kappa shape index (κ2) is 5.35. The first-order valence-corrected chi connectivity index (χ1v) is 5.10. The summed E-state index contributed by atoms with van der Waals surface area (Å²) < 4.78 is 0. The van der Waals surface area contributed by atoms with Gasteiger partial charge >= 0.3 is 5.97 Å². The molecule has 2 heteroatoms. The van der Waals surface area contributed by atoms with Gasteiger partial charge in [0, 0.05) is 0 Å². The minimum atomic E-state index is -0.780. The highest BCUT2D eigenvalue weighted by molar-refractivity contribution is 5.72. The molecule has 0 unspecified atom stereocenters. The highest BCUT2D eigenvalue weighted by Crippen LogP contribution is 2.14. The smallest absolute Gasteiger partial charge is 0.307 e. The van der Waals surface area contributed by atoms with Gasteiger partial charge in [-0.15, -0.1) is 0 Å². The highest BCUT2D eigenvalue weighted by atomic mass is 16.4. The summed E-state index contributed by atoms with van der Waals surface area (Å²) in [6.07, 6.45) is 3.03. The van der Waals surface area contributed by atoms with Gasteiger partial charge in [-0.05, 0) is 24.5 Å². The molecule has 0 saturated carbocycles. The number of hydrogen-bond acceptors (Lipinski definition) is 1. The van der Waals surface area contributed by atoms with Gasteiger partial charge < -0.3 is 5.11 Å². The van der Waals surface area contributed by atoms with E-state index in [0.717, 1.165) is 17.6 Å². The fraction of sp³-hybridized carbons (Fsp3) is 0.308. The molecule has 1 N–H and O–H groups in total. The first-order valence-electron chi connectivity index (χ1n) is 5.10. The molecule has 0 heterocycles. The first-order chi connectivity index (χ1) is 7.13. The molecule has 80 valence electrons. The maximum absolute atomic E-state index is 10.5. The Morgan fingerprint density at radius 3 is 2.67 bits per heavy atom. The zero-order valence-corrected chi connectivity index (χ0v) is 9.16. The molecule has 0 atom stereocenters. The summed E-state index contributed by atoms with van der Waals surface area (Å²) in [5, 5.41) is 8.65. The van der Waals surface area contributed by atoms with Gasteiger partial charge in [0.1, 0.15) is 0 Å². The summed E-state index contributed by atoms with van der Waals surface area (Å²) in [6, 6.07) is 8.06. The lowest BCUT2D eigenvalue weighted by Crippen LogP contribution is -1.95. The molecule has 0 fully saturated rings. The van der Waals surface area contributed by atoms with Crippen LogP contribution in [0.4, 0.5) is 0 Å². The van der Waals surface area contributed by atoms with Crippen LogP contribution in [0.3, 0.4) is 0 Å². The van der Waals surface area contributed by atoms with E-state index in [-0.39, 0.29) is 6.42 Å².